The molecule has 3 rings (SSSR count). The molecule has 0 radical (unpaired) electrons. The number of nitro benzene ring substituents is 1. The number of non-ortho nitro benzene ring substituents is 1. The molecule has 0 atom stereocenters. The number of hydrogen-bond donors (Lipinski definition) is 3. The summed E-state index contributed by atoms with van der Waals surface area (Å²) in [6.07, 6.45) is 1.10. The highest BCUT2D eigenvalue weighted by molar-refractivity contribution is 5.86. The van der Waals surface area contributed by atoms with Crippen LogP contribution in [0.15, 0.2) is 59.7 Å². The molecule has 3 N–H and O–H groups in total. The van der Waals surface area contributed by atoms with E-state index in [4.69, 9.17) is 4.74 Å². The van der Waals surface area contributed by atoms with Crippen molar-refractivity contribution < 1.29 is 19.6 Å². The first kappa shape index (κ1) is 22.2. The van der Waals surface area contributed by atoms with Gasteiger partial charge >= 0.3 is 0 Å². The number of ether oxygens (including phenoxy) is 1. The molecule has 32 heavy (non-hydrogen) atoms. The van der Waals surface area contributed by atoms with Gasteiger partial charge in [-0.1, -0.05) is 30.3 Å². The van der Waals surface area contributed by atoms with E-state index in [1.807, 2.05) is 30.3 Å². The summed E-state index contributed by atoms with van der Waals surface area (Å²) in [4.78, 5) is 30.7. The number of nitro groups is 1. The predicted octanol–water partition coefficient (Wildman–Crippen LogP) is 2.54. The van der Waals surface area contributed by atoms with Crippen LogP contribution in [0.2, 0.25) is 0 Å². The lowest BCUT2D eigenvalue weighted by Crippen LogP contribution is -2.25. The highest BCUT2D eigenvalue weighted by Gasteiger charge is 2.09. The summed E-state index contributed by atoms with van der Waals surface area (Å²) in [7, 11) is 0. The second kappa shape index (κ2) is 10.5. The SMILES string of the molecule is Cc1cc(OCC(=O)NN=Cc2cc([N+](=O)[O-])ccc2O)nc(NCc2ccccc2)n1. The summed E-state index contributed by atoms with van der Waals surface area (Å²) in [6, 6.07) is 14.8. The summed E-state index contributed by atoms with van der Waals surface area (Å²) in [6.45, 7) is 1.94. The van der Waals surface area contributed by atoms with Crippen LogP contribution in [-0.4, -0.2) is 38.7 Å². The van der Waals surface area contributed by atoms with Crippen LogP contribution in [0.25, 0.3) is 0 Å². The van der Waals surface area contributed by atoms with Gasteiger partial charge in [-0.05, 0) is 18.6 Å². The molecule has 3 aromatic rings. The monoisotopic (exact) mass is 436 g/mol. The zero-order chi connectivity index (χ0) is 22.9. The van der Waals surface area contributed by atoms with Crippen molar-refractivity contribution in [3.8, 4) is 11.6 Å². The van der Waals surface area contributed by atoms with E-state index in [2.05, 4.69) is 25.8 Å². The number of rotatable bonds is 9. The Labute approximate surface area is 182 Å². The summed E-state index contributed by atoms with van der Waals surface area (Å²) in [5.74, 6) is -0.218. The summed E-state index contributed by atoms with van der Waals surface area (Å²) in [5.41, 5.74) is 3.81. The van der Waals surface area contributed by atoms with Gasteiger partial charge in [-0.3, -0.25) is 14.9 Å². The third-order valence-corrected chi connectivity index (χ3v) is 4.09. The molecule has 0 bridgehead atoms. The number of anilines is 1. The van der Waals surface area contributed by atoms with E-state index in [9.17, 15) is 20.0 Å². The van der Waals surface area contributed by atoms with Crippen LogP contribution in [0.4, 0.5) is 11.6 Å². The fraction of sp³-hybridized carbons (Fsp3) is 0.143. The molecule has 1 amide bonds. The number of carbonyl (C=O) groups is 1. The fourth-order valence-electron chi connectivity index (χ4n) is 2.57. The topological polar surface area (TPSA) is 152 Å². The molecule has 0 unspecified atom stereocenters. The average Bonchev–Trinajstić information content (AvgIpc) is 2.78. The Kier molecular flexibility index (Phi) is 7.25. The largest absolute Gasteiger partial charge is 0.507 e. The van der Waals surface area contributed by atoms with Crippen LogP contribution < -0.4 is 15.5 Å². The van der Waals surface area contributed by atoms with Gasteiger partial charge in [0.25, 0.3) is 11.6 Å². The Morgan fingerprint density at radius 2 is 2.00 bits per heavy atom. The molecule has 0 fully saturated rings. The fourth-order valence-corrected chi connectivity index (χ4v) is 2.57. The third kappa shape index (κ3) is 6.49. The van der Waals surface area contributed by atoms with Crippen LogP contribution in [0.3, 0.4) is 0 Å². The van der Waals surface area contributed by atoms with Crippen LogP contribution in [0, 0.1) is 17.0 Å². The zero-order valence-corrected chi connectivity index (χ0v) is 17.1. The van der Waals surface area contributed by atoms with Crippen molar-refractivity contribution in [2.45, 2.75) is 13.5 Å². The van der Waals surface area contributed by atoms with Crippen molar-refractivity contribution in [3.05, 3.63) is 81.5 Å². The normalized spacial score (nSPS) is 10.7. The molecule has 0 saturated carbocycles. The maximum absolute atomic E-state index is 12.0. The molecule has 1 heterocycles. The molecule has 1 aromatic heterocycles. The molecule has 2 aromatic carbocycles. The third-order valence-electron chi connectivity index (χ3n) is 4.09. The number of aromatic nitrogens is 2. The van der Waals surface area contributed by atoms with Gasteiger partial charge in [0.05, 0.1) is 11.1 Å². The van der Waals surface area contributed by atoms with E-state index in [-0.39, 0.29) is 29.5 Å². The zero-order valence-electron chi connectivity index (χ0n) is 17.1. The van der Waals surface area contributed by atoms with E-state index in [1.54, 1.807) is 13.0 Å². The Morgan fingerprint density at radius 1 is 1.22 bits per heavy atom. The second-order valence-electron chi connectivity index (χ2n) is 6.59. The van der Waals surface area contributed by atoms with Crippen molar-refractivity contribution in [1.82, 2.24) is 15.4 Å². The summed E-state index contributed by atoms with van der Waals surface area (Å²) in [5, 5.41) is 27.3. The van der Waals surface area contributed by atoms with Gasteiger partial charge in [0, 0.05) is 36.0 Å². The molecule has 11 heteroatoms. The van der Waals surface area contributed by atoms with E-state index in [0.29, 0.717) is 18.2 Å². The lowest BCUT2D eigenvalue weighted by molar-refractivity contribution is -0.384. The molecule has 0 spiro atoms. The highest BCUT2D eigenvalue weighted by Crippen LogP contribution is 2.21. The van der Waals surface area contributed by atoms with Crippen LogP contribution in [-0.2, 0) is 11.3 Å². The smallest absolute Gasteiger partial charge is 0.278 e. The molecule has 0 aliphatic rings. The van der Waals surface area contributed by atoms with Gasteiger partial charge in [-0.2, -0.15) is 10.1 Å². The minimum absolute atomic E-state index is 0.0842. The number of amides is 1. The van der Waals surface area contributed by atoms with Crippen molar-refractivity contribution in [1.29, 1.82) is 0 Å². The number of aryl methyl sites for hydroxylation is 1. The summed E-state index contributed by atoms with van der Waals surface area (Å²) < 4.78 is 5.40. The number of nitrogens with zero attached hydrogens (tertiary/aromatic N) is 4. The lowest BCUT2D eigenvalue weighted by atomic mass is 10.2. The van der Waals surface area contributed by atoms with Gasteiger partial charge in [-0.25, -0.2) is 10.4 Å². The lowest BCUT2D eigenvalue weighted by Gasteiger charge is -2.09. The first-order valence-electron chi connectivity index (χ1n) is 9.46. The van der Waals surface area contributed by atoms with E-state index < -0.39 is 10.8 Å². The van der Waals surface area contributed by atoms with Crippen LogP contribution in [0.1, 0.15) is 16.8 Å². The standard InChI is InChI=1S/C21H20N6O5/c1-14-9-20(25-21(24-14)22-11-15-5-3-2-4-6-15)32-13-19(29)26-23-12-16-10-17(27(30)31)7-8-18(16)28/h2-10,12,28H,11,13H2,1H3,(H,26,29)(H,22,24,25). The predicted molar refractivity (Wildman–Crippen MR) is 117 cm³/mol. The minimum atomic E-state index is -0.601. The van der Waals surface area contributed by atoms with E-state index in [0.717, 1.165) is 23.9 Å². The first-order chi connectivity index (χ1) is 15.4. The number of benzene rings is 2. The molecular formula is C21H20N6O5. The van der Waals surface area contributed by atoms with Gasteiger partial charge in [0.2, 0.25) is 11.8 Å². The quantitative estimate of drug-likeness (QED) is 0.263. The maximum atomic E-state index is 12.0. The highest BCUT2D eigenvalue weighted by atomic mass is 16.6. The number of aromatic hydroxyl groups is 1. The number of carbonyl (C=O) groups excluding carboxylic acids is 1. The number of nitrogens with one attached hydrogen (secondary N) is 2. The van der Waals surface area contributed by atoms with Crippen molar-refractivity contribution >= 4 is 23.8 Å². The van der Waals surface area contributed by atoms with Gasteiger partial charge in [0.15, 0.2) is 6.61 Å². The Morgan fingerprint density at radius 3 is 2.75 bits per heavy atom. The average molecular weight is 436 g/mol. The number of hydrogen-bond acceptors (Lipinski definition) is 9. The molecule has 0 saturated heterocycles. The maximum Gasteiger partial charge on any atom is 0.278 e. The first-order valence-corrected chi connectivity index (χ1v) is 9.46. The summed E-state index contributed by atoms with van der Waals surface area (Å²) >= 11 is 0. The Bertz CT molecular complexity index is 1140. The van der Waals surface area contributed by atoms with E-state index >= 15 is 0 Å². The van der Waals surface area contributed by atoms with Crippen molar-refractivity contribution in [2.75, 3.05) is 11.9 Å². The van der Waals surface area contributed by atoms with E-state index in [1.165, 1.54) is 6.07 Å². The van der Waals surface area contributed by atoms with Crippen LogP contribution in [0.5, 0.6) is 11.6 Å². The minimum Gasteiger partial charge on any atom is -0.507 e. The molecular weight excluding hydrogens is 416 g/mol. The Hall–Kier alpha value is -4.54. The number of phenolic OH excluding ortho intramolecular Hbond substituents is 1. The molecule has 164 valence electrons. The van der Waals surface area contributed by atoms with Crippen LogP contribution >= 0.6 is 0 Å². The second-order valence-corrected chi connectivity index (χ2v) is 6.59. The van der Waals surface area contributed by atoms with Gasteiger partial charge < -0.3 is 15.2 Å². The molecule has 0 aliphatic carbocycles. The van der Waals surface area contributed by atoms with Gasteiger partial charge in [-0.15, -0.1) is 0 Å². The van der Waals surface area contributed by atoms with Gasteiger partial charge in [0.1, 0.15) is 5.75 Å². The van der Waals surface area contributed by atoms with Crippen molar-refractivity contribution in [3.63, 3.8) is 0 Å². The number of phenols is 1. The van der Waals surface area contributed by atoms with Crippen molar-refractivity contribution in [2.24, 2.45) is 5.10 Å². The number of hydrazone groups is 1. The molecule has 11 nitrogen and oxygen atoms in total. The Balaban J connectivity index is 1.53. The molecule has 0 aliphatic heterocycles.